The predicted molar refractivity (Wildman–Crippen MR) is 171 cm³/mol. The van der Waals surface area contributed by atoms with Gasteiger partial charge in [0.2, 0.25) is 0 Å². The van der Waals surface area contributed by atoms with Crippen LogP contribution < -0.4 is 4.74 Å². The van der Waals surface area contributed by atoms with Gasteiger partial charge in [0.25, 0.3) is 0 Å². The molecule has 5 heterocycles. The van der Waals surface area contributed by atoms with Crippen LogP contribution in [-0.4, -0.2) is 23.8 Å². The SMILES string of the molecule is Cc1nc2c3[c-]c(Oc4[c-]c5c(cc4)c4ccccc4n4cc(-c6ccccc6)nc54)ccc3c3cccnc3n2c1C.[Pd+2]. The number of aryl methyl sites for hydroxylation is 2. The predicted octanol–water partition coefficient (Wildman–Crippen LogP) is 8.66. The molecule has 0 amide bonds. The molecule has 0 fully saturated rings. The number of rotatable bonds is 3. The molecule has 44 heavy (non-hydrogen) atoms. The maximum atomic E-state index is 6.44. The topological polar surface area (TPSA) is 56.7 Å². The molecule has 4 aromatic carbocycles. The molecule has 0 saturated heterocycles. The van der Waals surface area contributed by atoms with E-state index in [0.717, 1.165) is 77.4 Å². The Morgan fingerprint density at radius 3 is 2.11 bits per heavy atom. The van der Waals surface area contributed by atoms with Crippen molar-refractivity contribution in [3.63, 3.8) is 0 Å². The Hall–Kier alpha value is -5.09. The molecule has 0 unspecified atom stereocenters. The monoisotopic (exact) mass is 659 g/mol. The molecule has 6 nitrogen and oxygen atoms in total. The first kappa shape index (κ1) is 26.5. The van der Waals surface area contributed by atoms with Crippen LogP contribution in [0.5, 0.6) is 11.5 Å². The molecular weight excluding hydrogens is 637 g/mol. The van der Waals surface area contributed by atoms with Gasteiger partial charge in [-0.15, -0.1) is 12.1 Å². The molecule has 0 saturated carbocycles. The molecule has 0 aliphatic heterocycles. The van der Waals surface area contributed by atoms with Crippen LogP contribution in [0, 0.1) is 26.0 Å². The molecule has 9 aromatic rings. The summed E-state index contributed by atoms with van der Waals surface area (Å²) in [5.74, 6) is 1.19. The van der Waals surface area contributed by atoms with Gasteiger partial charge in [0.1, 0.15) is 5.65 Å². The van der Waals surface area contributed by atoms with Crippen molar-refractivity contribution in [2.75, 3.05) is 0 Å². The molecule has 0 radical (unpaired) electrons. The second-order valence-corrected chi connectivity index (χ2v) is 10.8. The first-order valence-electron chi connectivity index (χ1n) is 14.2. The van der Waals surface area contributed by atoms with Crippen LogP contribution in [0.25, 0.3) is 66.0 Å². The minimum atomic E-state index is 0. The van der Waals surface area contributed by atoms with E-state index in [4.69, 9.17) is 14.7 Å². The van der Waals surface area contributed by atoms with Gasteiger partial charge >= 0.3 is 20.4 Å². The summed E-state index contributed by atoms with van der Waals surface area (Å²) in [6.07, 6.45) is 3.92. The summed E-state index contributed by atoms with van der Waals surface area (Å²) in [5, 5.41) is 6.09. The van der Waals surface area contributed by atoms with Crippen LogP contribution in [-0.2, 0) is 20.4 Å². The van der Waals surface area contributed by atoms with Gasteiger partial charge in [-0.3, -0.25) is 9.97 Å². The van der Waals surface area contributed by atoms with Crippen molar-refractivity contribution in [1.82, 2.24) is 23.8 Å². The molecule has 0 bridgehead atoms. The number of benzene rings is 4. The molecule has 9 rings (SSSR count). The smallest absolute Gasteiger partial charge is 0.497 e. The molecule has 5 aromatic heterocycles. The van der Waals surface area contributed by atoms with E-state index in [9.17, 15) is 0 Å². The van der Waals surface area contributed by atoms with Crippen molar-refractivity contribution in [2.45, 2.75) is 13.8 Å². The summed E-state index contributed by atoms with van der Waals surface area (Å²) in [7, 11) is 0. The third-order valence-electron chi connectivity index (χ3n) is 8.37. The van der Waals surface area contributed by atoms with Crippen molar-refractivity contribution in [3.8, 4) is 22.8 Å². The second kappa shape index (κ2) is 9.99. The van der Waals surface area contributed by atoms with Gasteiger partial charge in [0.05, 0.1) is 17.0 Å². The van der Waals surface area contributed by atoms with Gasteiger partial charge in [-0.05, 0) is 36.8 Å². The average molecular weight is 660 g/mol. The van der Waals surface area contributed by atoms with Crippen LogP contribution in [0.2, 0.25) is 0 Å². The maximum absolute atomic E-state index is 6.44. The Bertz CT molecular complexity index is 2570. The molecule has 0 N–H and O–H groups in total. The average Bonchev–Trinajstić information content (AvgIpc) is 3.64. The van der Waals surface area contributed by atoms with E-state index < -0.39 is 0 Å². The van der Waals surface area contributed by atoms with Crippen molar-refractivity contribution >= 4 is 54.8 Å². The number of pyridine rings is 3. The minimum absolute atomic E-state index is 0. The van der Waals surface area contributed by atoms with Crippen molar-refractivity contribution in [2.24, 2.45) is 0 Å². The van der Waals surface area contributed by atoms with Gasteiger partial charge in [-0.2, -0.15) is 0 Å². The number of para-hydroxylation sites is 1. The number of fused-ring (bicyclic) bond motifs is 12. The zero-order chi connectivity index (χ0) is 28.7. The van der Waals surface area contributed by atoms with Gasteiger partial charge in [0.15, 0.2) is 0 Å². The molecule has 0 aliphatic carbocycles. The van der Waals surface area contributed by atoms with E-state index in [0.29, 0.717) is 11.5 Å². The molecule has 212 valence electrons. The van der Waals surface area contributed by atoms with E-state index in [-0.39, 0.29) is 20.4 Å². The first-order chi connectivity index (χ1) is 21.1. The molecule has 0 aliphatic rings. The maximum Gasteiger partial charge on any atom is 2.00 e. The number of imidazole rings is 2. The number of nitrogens with zero attached hydrogens (tertiary/aromatic N) is 5. The van der Waals surface area contributed by atoms with Gasteiger partial charge in [-0.25, -0.2) is 4.98 Å². The summed E-state index contributed by atoms with van der Waals surface area (Å²) < 4.78 is 10.7. The summed E-state index contributed by atoms with van der Waals surface area (Å²) >= 11 is 0. The Labute approximate surface area is 266 Å². The van der Waals surface area contributed by atoms with Crippen molar-refractivity contribution < 1.29 is 25.2 Å². The minimum Gasteiger partial charge on any atom is -0.497 e. The summed E-state index contributed by atoms with van der Waals surface area (Å²) in [5.41, 5.74) is 7.66. The number of hydrogen-bond donors (Lipinski definition) is 0. The largest absolute Gasteiger partial charge is 2.00 e. The third-order valence-corrected chi connectivity index (χ3v) is 8.37. The molecular formula is C37H23N5OPd. The van der Waals surface area contributed by atoms with E-state index in [1.54, 1.807) is 0 Å². The van der Waals surface area contributed by atoms with Crippen LogP contribution in [0.1, 0.15) is 11.4 Å². The van der Waals surface area contributed by atoms with Crippen LogP contribution in [0.3, 0.4) is 0 Å². The van der Waals surface area contributed by atoms with E-state index in [2.05, 4.69) is 93.6 Å². The molecule has 7 heteroatoms. The fraction of sp³-hybridized carbons (Fsp3) is 0.0541. The van der Waals surface area contributed by atoms with Crippen molar-refractivity contribution in [1.29, 1.82) is 0 Å². The third kappa shape index (κ3) is 3.87. The van der Waals surface area contributed by atoms with Gasteiger partial charge in [-0.1, -0.05) is 100 Å². The zero-order valence-electron chi connectivity index (χ0n) is 23.8. The Morgan fingerprint density at radius 1 is 0.636 bits per heavy atom. The molecule has 0 atom stereocenters. The second-order valence-electron chi connectivity index (χ2n) is 10.8. The Kier molecular flexibility index (Phi) is 6.02. The fourth-order valence-electron chi connectivity index (χ4n) is 6.21. The van der Waals surface area contributed by atoms with Crippen molar-refractivity contribution in [3.05, 3.63) is 127 Å². The van der Waals surface area contributed by atoms with E-state index in [1.807, 2.05) is 49.5 Å². The fourth-order valence-corrected chi connectivity index (χ4v) is 6.21. The van der Waals surface area contributed by atoms with Crippen LogP contribution >= 0.6 is 0 Å². The van der Waals surface area contributed by atoms with E-state index >= 15 is 0 Å². The quantitative estimate of drug-likeness (QED) is 0.108. The summed E-state index contributed by atoms with van der Waals surface area (Å²) in [6.45, 7) is 4.10. The Morgan fingerprint density at radius 2 is 1.32 bits per heavy atom. The Balaban J connectivity index is 0.00000289. The van der Waals surface area contributed by atoms with Crippen LogP contribution in [0.4, 0.5) is 0 Å². The van der Waals surface area contributed by atoms with E-state index in [1.165, 1.54) is 0 Å². The zero-order valence-corrected chi connectivity index (χ0v) is 25.3. The van der Waals surface area contributed by atoms with Gasteiger partial charge < -0.3 is 13.5 Å². The number of ether oxygens (including phenoxy) is 1. The number of aromatic nitrogens is 5. The summed E-state index contributed by atoms with van der Waals surface area (Å²) in [4.78, 5) is 14.6. The molecule has 0 spiro atoms. The van der Waals surface area contributed by atoms with Gasteiger partial charge in [0, 0.05) is 46.4 Å². The summed E-state index contributed by atoms with van der Waals surface area (Å²) in [6, 6.07) is 37.9. The number of hydrogen-bond acceptors (Lipinski definition) is 4. The van der Waals surface area contributed by atoms with Crippen LogP contribution in [0.15, 0.2) is 103 Å². The standard InChI is InChI=1S/C37H23N5O.Pd/c1-22-23(2)42-35-30(12-8-18-38-35)28-17-15-26(20-32(28)37(42)39-22)43-25-14-16-27-29-11-6-7-13-34(29)41-21-33(24-9-4-3-5-10-24)40-36(41)31(27)19-25;/h3-18,21H,1-2H3;/q-2;+2. The normalized spacial score (nSPS) is 11.7. The first-order valence-corrected chi connectivity index (χ1v) is 14.2.